The lowest BCUT2D eigenvalue weighted by atomic mass is 10.1. The van der Waals surface area contributed by atoms with E-state index < -0.39 is 8.15 Å². The van der Waals surface area contributed by atoms with Gasteiger partial charge in [0.25, 0.3) is 0 Å². The first kappa shape index (κ1) is 24.6. The number of carbonyl (C=O) groups is 1. The number of aryl methyl sites for hydroxylation is 4. The van der Waals surface area contributed by atoms with Crippen LogP contribution in [0.15, 0.2) is 66.7 Å². The highest BCUT2D eigenvalue weighted by Gasteiger charge is 2.29. The highest BCUT2D eigenvalue weighted by Crippen LogP contribution is 2.40. The molecule has 0 unspecified atom stereocenters. The Kier molecular flexibility index (Phi) is 8.15. The molecule has 0 saturated carbocycles. The van der Waals surface area contributed by atoms with Crippen molar-refractivity contribution in [3.05, 3.63) is 94.5 Å². The molecule has 1 aliphatic heterocycles. The molecule has 0 amide bonds. The smallest absolute Gasteiger partial charge is 0.338 e. The highest BCUT2D eigenvalue weighted by molar-refractivity contribution is 7.68. The van der Waals surface area contributed by atoms with Crippen LogP contribution in [-0.4, -0.2) is 31.4 Å². The van der Waals surface area contributed by atoms with Gasteiger partial charge < -0.3 is 14.0 Å². The van der Waals surface area contributed by atoms with E-state index in [-0.39, 0.29) is 24.8 Å². The average molecular weight is 477 g/mol. The van der Waals surface area contributed by atoms with Crippen molar-refractivity contribution >= 4 is 24.7 Å². The predicted octanol–water partition coefficient (Wildman–Crippen LogP) is 5.69. The topological polar surface area (TPSA) is 44.8 Å². The third-order valence-corrected chi connectivity index (χ3v) is 7.83. The number of esters is 1. The predicted molar refractivity (Wildman–Crippen MR) is 139 cm³/mol. The van der Waals surface area contributed by atoms with Gasteiger partial charge in [-0.1, -0.05) is 52.6 Å². The summed E-state index contributed by atoms with van der Waals surface area (Å²) in [6.45, 7) is 9.38. The van der Waals surface area contributed by atoms with Crippen LogP contribution in [0.1, 0.15) is 45.5 Å². The molecule has 0 N–H and O–H groups in total. The van der Waals surface area contributed by atoms with E-state index in [1.54, 1.807) is 12.1 Å². The summed E-state index contributed by atoms with van der Waals surface area (Å²) in [5, 5.41) is 2.46. The summed E-state index contributed by atoms with van der Waals surface area (Å²) in [6.07, 6.45) is 1.41. The molecule has 2 atom stereocenters. The van der Waals surface area contributed by atoms with Gasteiger partial charge in [-0.05, 0) is 70.5 Å². The molecule has 0 radical (unpaired) electrons. The normalized spacial score (nSPS) is 18.1. The number of rotatable bonds is 7. The van der Waals surface area contributed by atoms with Crippen LogP contribution in [0.5, 0.6) is 0 Å². The maximum atomic E-state index is 12.3. The zero-order valence-corrected chi connectivity index (χ0v) is 21.3. The van der Waals surface area contributed by atoms with Crippen molar-refractivity contribution in [2.45, 2.75) is 52.7 Å². The first-order valence-electron chi connectivity index (χ1n) is 11.8. The van der Waals surface area contributed by atoms with E-state index in [0.29, 0.717) is 18.6 Å². The molecule has 5 heteroatoms. The first-order valence-corrected chi connectivity index (χ1v) is 13.1. The molecule has 0 aromatic heterocycles. The summed E-state index contributed by atoms with van der Waals surface area (Å²) < 4.78 is 18.3. The van der Waals surface area contributed by atoms with Gasteiger partial charge in [0.05, 0.1) is 25.9 Å². The molecule has 3 aromatic rings. The lowest BCUT2D eigenvalue weighted by molar-refractivity contribution is -0.0608. The summed E-state index contributed by atoms with van der Waals surface area (Å²) in [5.74, 6) is -0.319. The van der Waals surface area contributed by atoms with Crippen molar-refractivity contribution < 1.29 is 18.8 Å². The fraction of sp³-hybridized carbons (Fsp3) is 0.345. The van der Waals surface area contributed by atoms with E-state index in [9.17, 15) is 4.79 Å². The molecular formula is C29H33O4P. The Bertz CT molecular complexity index is 1040. The van der Waals surface area contributed by atoms with E-state index in [2.05, 4.69) is 64.1 Å². The van der Waals surface area contributed by atoms with Gasteiger partial charge in [-0.15, -0.1) is 0 Å². The standard InChI is InChI=1S/C29H33O4P/c1-20-12-21(2)15-27(14-20)34(28-16-22(3)13-23(4)17-28)33-25-10-11-31-26(18-25)19-32-29(30)24-8-6-5-7-9-24/h5-9,12-17,25-26H,10-11,18-19H2,1-4H3/t25-,26+/m1/s1. The van der Waals surface area contributed by atoms with Gasteiger partial charge >= 0.3 is 5.97 Å². The Morgan fingerprint density at radius 3 is 2.00 bits per heavy atom. The molecule has 1 aliphatic rings. The lowest BCUT2D eigenvalue weighted by Crippen LogP contribution is -2.35. The highest BCUT2D eigenvalue weighted by atomic mass is 31.1. The van der Waals surface area contributed by atoms with Gasteiger partial charge in [0, 0.05) is 23.6 Å². The molecule has 0 bridgehead atoms. The van der Waals surface area contributed by atoms with Crippen LogP contribution in [0.3, 0.4) is 0 Å². The molecule has 4 rings (SSSR count). The SMILES string of the molecule is Cc1cc(C)cc(P(O[C@@H]2CCO[C@H](COC(=O)c3ccccc3)C2)c2cc(C)cc(C)c2)c1. The zero-order valence-electron chi connectivity index (χ0n) is 20.4. The van der Waals surface area contributed by atoms with E-state index in [1.807, 2.05) is 18.2 Å². The van der Waals surface area contributed by atoms with Crippen molar-refractivity contribution in [3.63, 3.8) is 0 Å². The lowest BCUT2D eigenvalue weighted by Gasteiger charge is -2.32. The van der Waals surface area contributed by atoms with E-state index in [1.165, 1.54) is 32.9 Å². The Hall–Kier alpha value is -2.52. The van der Waals surface area contributed by atoms with Gasteiger partial charge in [-0.25, -0.2) is 4.79 Å². The van der Waals surface area contributed by atoms with Crippen LogP contribution >= 0.6 is 8.15 Å². The van der Waals surface area contributed by atoms with Crippen LogP contribution in [-0.2, 0) is 14.0 Å². The fourth-order valence-electron chi connectivity index (χ4n) is 4.44. The maximum Gasteiger partial charge on any atom is 0.338 e. The fourth-order valence-corrected chi connectivity index (χ4v) is 6.75. The molecule has 0 spiro atoms. The maximum absolute atomic E-state index is 12.3. The van der Waals surface area contributed by atoms with Gasteiger partial charge in [0.1, 0.15) is 6.61 Å². The van der Waals surface area contributed by atoms with E-state index >= 15 is 0 Å². The van der Waals surface area contributed by atoms with Gasteiger partial charge in [0.2, 0.25) is 0 Å². The Morgan fingerprint density at radius 1 is 0.882 bits per heavy atom. The molecule has 34 heavy (non-hydrogen) atoms. The third kappa shape index (κ3) is 6.54. The largest absolute Gasteiger partial charge is 0.459 e. The summed E-state index contributed by atoms with van der Waals surface area (Å²) in [7, 11) is -0.979. The van der Waals surface area contributed by atoms with Crippen molar-refractivity contribution in [2.75, 3.05) is 13.2 Å². The monoisotopic (exact) mass is 476 g/mol. The molecule has 1 saturated heterocycles. The minimum atomic E-state index is -0.979. The Labute approximate surface area is 204 Å². The molecule has 0 aliphatic carbocycles. The van der Waals surface area contributed by atoms with Crippen molar-refractivity contribution in [3.8, 4) is 0 Å². The molecule has 178 valence electrons. The van der Waals surface area contributed by atoms with Crippen LogP contribution in [0.2, 0.25) is 0 Å². The number of carbonyl (C=O) groups excluding carboxylic acids is 1. The minimum absolute atomic E-state index is 0.0434. The summed E-state index contributed by atoms with van der Waals surface area (Å²) in [5.41, 5.74) is 5.53. The van der Waals surface area contributed by atoms with Crippen LogP contribution < -0.4 is 10.6 Å². The summed E-state index contributed by atoms with van der Waals surface area (Å²) >= 11 is 0. The first-order chi connectivity index (χ1) is 16.4. The number of hydrogen-bond donors (Lipinski definition) is 0. The van der Waals surface area contributed by atoms with Crippen LogP contribution in [0.4, 0.5) is 0 Å². The number of hydrogen-bond acceptors (Lipinski definition) is 4. The second-order valence-corrected chi connectivity index (χ2v) is 11.0. The summed E-state index contributed by atoms with van der Waals surface area (Å²) in [4.78, 5) is 12.3. The second-order valence-electron chi connectivity index (χ2n) is 9.20. The Morgan fingerprint density at radius 2 is 1.44 bits per heavy atom. The number of ether oxygens (including phenoxy) is 2. The Balaban J connectivity index is 1.48. The summed E-state index contributed by atoms with van der Waals surface area (Å²) in [6, 6.07) is 22.4. The van der Waals surface area contributed by atoms with E-state index in [4.69, 9.17) is 14.0 Å². The molecule has 1 fully saturated rings. The second kappa shape index (κ2) is 11.3. The van der Waals surface area contributed by atoms with Crippen molar-refractivity contribution in [2.24, 2.45) is 0 Å². The van der Waals surface area contributed by atoms with Crippen molar-refractivity contribution in [1.29, 1.82) is 0 Å². The van der Waals surface area contributed by atoms with E-state index in [0.717, 1.165) is 6.42 Å². The molecule has 1 heterocycles. The van der Waals surface area contributed by atoms with Crippen LogP contribution in [0.25, 0.3) is 0 Å². The van der Waals surface area contributed by atoms with Crippen LogP contribution in [0, 0.1) is 27.7 Å². The van der Waals surface area contributed by atoms with Gasteiger partial charge in [-0.3, -0.25) is 0 Å². The average Bonchev–Trinajstić information content (AvgIpc) is 2.80. The van der Waals surface area contributed by atoms with Crippen molar-refractivity contribution in [1.82, 2.24) is 0 Å². The van der Waals surface area contributed by atoms with Gasteiger partial charge in [0.15, 0.2) is 0 Å². The quantitative estimate of drug-likeness (QED) is 0.325. The molecule has 3 aromatic carbocycles. The van der Waals surface area contributed by atoms with Gasteiger partial charge in [-0.2, -0.15) is 0 Å². The zero-order chi connectivity index (χ0) is 24.1. The number of benzene rings is 3. The molecule has 4 nitrogen and oxygen atoms in total. The third-order valence-electron chi connectivity index (χ3n) is 5.87. The minimum Gasteiger partial charge on any atom is -0.459 e. The molecular weight excluding hydrogens is 443 g/mol.